The summed E-state index contributed by atoms with van der Waals surface area (Å²) in [7, 11) is 0. The lowest BCUT2D eigenvalue weighted by molar-refractivity contribution is 0.459. The van der Waals surface area contributed by atoms with Crippen molar-refractivity contribution in [1.82, 2.24) is 9.55 Å². The van der Waals surface area contributed by atoms with E-state index >= 15 is 0 Å². The Kier molecular flexibility index (Phi) is 3.47. The van der Waals surface area contributed by atoms with E-state index in [2.05, 4.69) is 9.55 Å². The molecule has 0 radical (unpaired) electrons. The van der Waals surface area contributed by atoms with Gasteiger partial charge in [0.25, 0.3) is 0 Å². The summed E-state index contributed by atoms with van der Waals surface area (Å²) in [6, 6.07) is 5.29. The molecule has 1 heterocycles. The second kappa shape index (κ2) is 5.25. The predicted molar refractivity (Wildman–Crippen MR) is 76.3 cm³/mol. The first-order valence-corrected chi connectivity index (χ1v) is 7.12. The normalized spacial score (nSPS) is 16.1. The summed E-state index contributed by atoms with van der Waals surface area (Å²) in [6.07, 6.45) is 9.05. The average Bonchev–Trinajstić information content (AvgIpc) is 3.05. The van der Waals surface area contributed by atoms with Crippen LogP contribution in [0.4, 0.5) is 0 Å². The zero-order valence-corrected chi connectivity index (χ0v) is 11.5. The van der Waals surface area contributed by atoms with E-state index in [1.807, 2.05) is 12.3 Å². The van der Waals surface area contributed by atoms with Crippen LogP contribution in [0.1, 0.15) is 25.7 Å². The Labute approximate surface area is 117 Å². The smallest absolute Gasteiger partial charge is 0.141 e. The van der Waals surface area contributed by atoms with E-state index in [0.29, 0.717) is 5.02 Å². The Hall–Kier alpha value is -1.48. The highest BCUT2D eigenvalue weighted by Gasteiger charge is 2.18. The minimum atomic E-state index is 0.106. The standard InChI is InChI=1S/C15H17ClN2O/c16-14-12(6-3-7-13(14)19)15-17-8-9-18(15)10-11-4-1-2-5-11/h3,6-9,11,19H,1-2,4-5,10H2. The van der Waals surface area contributed by atoms with Crippen molar-refractivity contribution in [3.63, 3.8) is 0 Å². The van der Waals surface area contributed by atoms with Gasteiger partial charge in [0.05, 0.1) is 5.02 Å². The van der Waals surface area contributed by atoms with Crippen LogP contribution >= 0.6 is 11.6 Å². The van der Waals surface area contributed by atoms with E-state index in [0.717, 1.165) is 23.9 Å². The largest absolute Gasteiger partial charge is 0.506 e. The molecule has 19 heavy (non-hydrogen) atoms. The maximum atomic E-state index is 9.71. The van der Waals surface area contributed by atoms with E-state index in [1.165, 1.54) is 25.7 Å². The number of phenolic OH excluding ortho intramolecular Hbond substituents is 1. The molecule has 1 aromatic heterocycles. The number of phenols is 1. The molecule has 1 saturated carbocycles. The van der Waals surface area contributed by atoms with Crippen LogP contribution < -0.4 is 0 Å². The van der Waals surface area contributed by atoms with Gasteiger partial charge in [-0.25, -0.2) is 4.98 Å². The van der Waals surface area contributed by atoms with Crippen LogP contribution in [0, 0.1) is 5.92 Å². The third-order valence-corrected chi connectivity index (χ3v) is 4.26. The first-order valence-electron chi connectivity index (χ1n) is 6.74. The van der Waals surface area contributed by atoms with Gasteiger partial charge in [-0.05, 0) is 30.9 Å². The molecule has 1 aliphatic carbocycles. The number of aromatic hydroxyl groups is 1. The molecule has 1 N–H and O–H groups in total. The molecule has 0 atom stereocenters. The maximum Gasteiger partial charge on any atom is 0.141 e. The molecular weight excluding hydrogens is 260 g/mol. The van der Waals surface area contributed by atoms with Gasteiger partial charge in [-0.1, -0.05) is 30.5 Å². The van der Waals surface area contributed by atoms with Crippen molar-refractivity contribution >= 4 is 11.6 Å². The van der Waals surface area contributed by atoms with Crippen LogP contribution in [0.5, 0.6) is 5.75 Å². The van der Waals surface area contributed by atoms with Crippen LogP contribution in [-0.2, 0) is 6.54 Å². The lowest BCUT2D eigenvalue weighted by Gasteiger charge is -2.14. The van der Waals surface area contributed by atoms with Gasteiger partial charge in [0.15, 0.2) is 0 Å². The molecule has 1 fully saturated rings. The van der Waals surface area contributed by atoms with Crippen LogP contribution in [0.2, 0.25) is 5.02 Å². The molecule has 0 saturated heterocycles. The van der Waals surface area contributed by atoms with Gasteiger partial charge in [-0.2, -0.15) is 0 Å². The third-order valence-electron chi connectivity index (χ3n) is 3.86. The number of nitrogens with zero attached hydrogens (tertiary/aromatic N) is 2. The fourth-order valence-electron chi connectivity index (χ4n) is 2.86. The molecule has 1 aromatic carbocycles. The Balaban J connectivity index is 1.92. The van der Waals surface area contributed by atoms with Crippen LogP contribution in [0.25, 0.3) is 11.4 Å². The van der Waals surface area contributed by atoms with Gasteiger partial charge in [-0.15, -0.1) is 0 Å². The molecule has 0 bridgehead atoms. The molecule has 100 valence electrons. The summed E-state index contributed by atoms with van der Waals surface area (Å²) in [5.74, 6) is 1.69. The van der Waals surface area contributed by atoms with Crippen LogP contribution in [0.15, 0.2) is 30.6 Å². The Morgan fingerprint density at radius 1 is 1.32 bits per heavy atom. The van der Waals surface area contributed by atoms with E-state index in [1.54, 1.807) is 18.3 Å². The van der Waals surface area contributed by atoms with Crippen molar-refractivity contribution < 1.29 is 5.11 Å². The highest BCUT2D eigenvalue weighted by molar-refractivity contribution is 6.34. The molecule has 3 nitrogen and oxygen atoms in total. The van der Waals surface area contributed by atoms with Gasteiger partial charge in [-0.3, -0.25) is 0 Å². The minimum Gasteiger partial charge on any atom is -0.506 e. The molecular formula is C15H17ClN2O. The molecule has 0 aliphatic heterocycles. The minimum absolute atomic E-state index is 0.106. The molecule has 0 unspecified atom stereocenters. The first-order chi connectivity index (χ1) is 9.25. The van der Waals surface area contributed by atoms with Gasteiger partial charge >= 0.3 is 0 Å². The lowest BCUT2D eigenvalue weighted by atomic mass is 10.1. The highest BCUT2D eigenvalue weighted by Crippen LogP contribution is 2.34. The van der Waals surface area contributed by atoms with Crippen molar-refractivity contribution in [2.45, 2.75) is 32.2 Å². The van der Waals surface area contributed by atoms with E-state index < -0.39 is 0 Å². The summed E-state index contributed by atoms with van der Waals surface area (Å²) < 4.78 is 2.15. The van der Waals surface area contributed by atoms with Crippen molar-refractivity contribution in [2.75, 3.05) is 0 Å². The SMILES string of the molecule is Oc1cccc(-c2nccn2CC2CCCC2)c1Cl. The quantitative estimate of drug-likeness (QED) is 0.916. The van der Waals surface area contributed by atoms with Gasteiger partial charge < -0.3 is 9.67 Å². The van der Waals surface area contributed by atoms with Crippen LogP contribution in [0.3, 0.4) is 0 Å². The topological polar surface area (TPSA) is 38.1 Å². The molecule has 0 amide bonds. The van der Waals surface area contributed by atoms with Crippen LogP contribution in [-0.4, -0.2) is 14.7 Å². The number of rotatable bonds is 3. The summed E-state index contributed by atoms with van der Waals surface area (Å²) in [5, 5.41) is 10.1. The molecule has 3 rings (SSSR count). The van der Waals surface area contributed by atoms with Gasteiger partial charge in [0.2, 0.25) is 0 Å². The molecule has 4 heteroatoms. The first kappa shape index (κ1) is 12.5. The molecule has 2 aromatic rings. The lowest BCUT2D eigenvalue weighted by Crippen LogP contribution is -2.08. The summed E-state index contributed by atoms with van der Waals surface area (Å²) in [5.41, 5.74) is 0.796. The summed E-state index contributed by atoms with van der Waals surface area (Å²) >= 11 is 6.17. The maximum absolute atomic E-state index is 9.71. The number of hydrogen-bond acceptors (Lipinski definition) is 2. The second-order valence-corrected chi connectivity index (χ2v) is 5.57. The average molecular weight is 277 g/mol. The summed E-state index contributed by atoms with van der Waals surface area (Å²) in [6.45, 7) is 0.987. The Morgan fingerprint density at radius 3 is 2.89 bits per heavy atom. The number of hydrogen-bond donors (Lipinski definition) is 1. The van der Waals surface area contributed by atoms with E-state index in [4.69, 9.17) is 11.6 Å². The number of halogens is 1. The summed E-state index contributed by atoms with van der Waals surface area (Å²) in [4.78, 5) is 4.40. The molecule has 1 aliphatic rings. The van der Waals surface area contributed by atoms with E-state index in [-0.39, 0.29) is 5.75 Å². The van der Waals surface area contributed by atoms with Crippen molar-refractivity contribution in [3.05, 3.63) is 35.6 Å². The van der Waals surface area contributed by atoms with Crippen molar-refractivity contribution in [1.29, 1.82) is 0 Å². The third kappa shape index (κ3) is 2.47. The fraction of sp³-hybridized carbons (Fsp3) is 0.400. The van der Waals surface area contributed by atoms with Gasteiger partial charge in [0, 0.05) is 24.5 Å². The number of imidazole rings is 1. The zero-order valence-electron chi connectivity index (χ0n) is 10.7. The van der Waals surface area contributed by atoms with E-state index in [9.17, 15) is 5.11 Å². The predicted octanol–water partition coefficient (Wildman–Crippen LogP) is 4.10. The van der Waals surface area contributed by atoms with Crippen molar-refractivity contribution in [2.24, 2.45) is 5.92 Å². The number of aromatic nitrogens is 2. The monoisotopic (exact) mass is 276 g/mol. The Morgan fingerprint density at radius 2 is 2.11 bits per heavy atom. The molecule has 0 spiro atoms. The Bertz CT molecular complexity index is 573. The van der Waals surface area contributed by atoms with Gasteiger partial charge in [0.1, 0.15) is 11.6 Å². The fourth-order valence-corrected chi connectivity index (χ4v) is 3.07. The van der Waals surface area contributed by atoms with Crippen molar-refractivity contribution in [3.8, 4) is 17.1 Å². The second-order valence-electron chi connectivity index (χ2n) is 5.19. The highest BCUT2D eigenvalue weighted by atomic mass is 35.5. The number of benzene rings is 1. The zero-order chi connectivity index (χ0) is 13.2.